The van der Waals surface area contributed by atoms with Crippen molar-refractivity contribution in [2.75, 3.05) is 25.1 Å². The Morgan fingerprint density at radius 3 is 2.75 bits per heavy atom. The minimum absolute atomic E-state index is 0.0416. The number of anilines is 1. The van der Waals surface area contributed by atoms with Crippen LogP contribution in [0, 0.1) is 6.92 Å². The van der Waals surface area contributed by atoms with Crippen LogP contribution in [0.2, 0.25) is 0 Å². The average Bonchev–Trinajstić information content (AvgIpc) is 2.60. The van der Waals surface area contributed by atoms with E-state index in [0.717, 1.165) is 11.3 Å². The fourth-order valence-electron chi connectivity index (χ4n) is 2.48. The third kappa shape index (κ3) is 4.19. The molecule has 3 rings (SSSR count). The van der Waals surface area contributed by atoms with Gasteiger partial charge in [-0.25, -0.2) is 0 Å². The summed E-state index contributed by atoms with van der Waals surface area (Å²) in [7, 11) is 0. The van der Waals surface area contributed by atoms with Gasteiger partial charge >= 0.3 is 0 Å². The normalized spacial score (nSPS) is 12.5. The van der Waals surface area contributed by atoms with E-state index in [-0.39, 0.29) is 5.91 Å². The lowest BCUT2D eigenvalue weighted by Gasteiger charge is -2.19. The van der Waals surface area contributed by atoms with E-state index in [2.05, 4.69) is 5.32 Å². The molecule has 24 heavy (non-hydrogen) atoms. The molecule has 0 saturated carbocycles. The summed E-state index contributed by atoms with van der Waals surface area (Å²) in [6, 6.07) is 13.3. The predicted molar refractivity (Wildman–Crippen MR) is 92.0 cm³/mol. The van der Waals surface area contributed by atoms with Crippen LogP contribution >= 0.6 is 0 Å². The summed E-state index contributed by atoms with van der Waals surface area (Å²) in [4.78, 5) is 12.0. The number of hydrogen-bond acceptors (Lipinski definition) is 4. The van der Waals surface area contributed by atoms with Crippen molar-refractivity contribution in [2.45, 2.75) is 19.8 Å². The standard InChI is InChI=1S/C19H21NO4/c1-14-5-2-3-6-16(14)22-10-4-7-19(21)20-15-8-9-17-18(13-15)24-12-11-23-17/h2-3,5-6,8-9,13H,4,7,10-12H2,1H3,(H,20,21). The maximum atomic E-state index is 12.0. The quantitative estimate of drug-likeness (QED) is 0.824. The van der Waals surface area contributed by atoms with Gasteiger partial charge in [0, 0.05) is 18.2 Å². The second-order valence-electron chi connectivity index (χ2n) is 5.62. The predicted octanol–water partition coefficient (Wildman–Crippen LogP) is 3.56. The molecule has 0 bridgehead atoms. The number of rotatable bonds is 6. The molecular weight excluding hydrogens is 306 g/mol. The Labute approximate surface area is 141 Å². The zero-order chi connectivity index (χ0) is 16.8. The summed E-state index contributed by atoms with van der Waals surface area (Å²) in [5.41, 5.74) is 1.81. The number of aryl methyl sites for hydroxylation is 1. The van der Waals surface area contributed by atoms with Crippen LogP contribution in [0.15, 0.2) is 42.5 Å². The highest BCUT2D eigenvalue weighted by Crippen LogP contribution is 2.32. The highest BCUT2D eigenvalue weighted by Gasteiger charge is 2.12. The van der Waals surface area contributed by atoms with Crippen molar-refractivity contribution >= 4 is 11.6 Å². The fraction of sp³-hybridized carbons (Fsp3) is 0.316. The molecule has 1 heterocycles. The number of nitrogens with one attached hydrogen (secondary N) is 1. The van der Waals surface area contributed by atoms with Crippen LogP contribution in [0.5, 0.6) is 17.2 Å². The van der Waals surface area contributed by atoms with Gasteiger partial charge in [0.1, 0.15) is 19.0 Å². The van der Waals surface area contributed by atoms with Crippen molar-refractivity contribution in [2.24, 2.45) is 0 Å². The summed E-state index contributed by atoms with van der Waals surface area (Å²) >= 11 is 0. The van der Waals surface area contributed by atoms with Crippen LogP contribution in [0.4, 0.5) is 5.69 Å². The number of benzene rings is 2. The van der Waals surface area contributed by atoms with Gasteiger partial charge in [-0.05, 0) is 37.1 Å². The molecule has 5 heteroatoms. The monoisotopic (exact) mass is 327 g/mol. The van der Waals surface area contributed by atoms with Crippen molar-refractivity contribution in [3.63, 3.8) is 0 Å². The SMILES string of the molecule is Cc1ccccc1OCCCC(=O)Nc1ccc2c(c1)OCCO2. The van der Waals surface area contributed by atoms with Crippen molar-refractivity contribution < 1.29 is 19.0 Å². The van der Waals surface area contributed by atoms with Crippen molar-refractivity contribution in [3.8, 4) is 17.2 Å². The molecule has 0 unspecified atom stereocenters. The summed E-state index contributed by atoms with van der Waals surface area (Å²) in [6.45, 7) is 3.60. The first-order valence-corrected chi connectivity index (χ1v) is 8.10. The van der Waals surface area contributed by atoms with E-state index in [4.69, 9.17) is 14.2 Å². The Morgan fingerprint density at radius 1 is 1.12 bits per heavy atom. The topological polar surface area (TPSA) is 56.8 Å². The molecule has 2 aromatic carbocycles. The number of fused-ring (bicyclic) bond motifs is 1. The van der Waals surface area contributed by atoms with E-state index in [1.807, 2.05) is 43.3 Å². The van der Waals surface area contributed by atoms with Crippen LogP contribution in [0.3, 0.4) is 0 Å². The molecule has 1 N–H and O–H groups in total. The van der Waals surface area contributed by atoms with Gasteiger partial charge in [0.25, 0.3) is 0 Å². The zero-order valence-corrected chi connectivity index (χ0v) is 13.7. The van der Waals surface area contributed by atoms with Gasteiger partial charge in [-0.15, -0.1) is 0 Å². The molecule has 0 atom stereocenters. The minimum Gasteiger partial charge on any atom is -0.493 e. The van der Waals surface area contributed by atoms with E-state index >= 15 is 0 Å². The third-order valence-electron chi connectivity index (χ3n) is 3.73. The maximum Gasteiger partial charge on any atom is 0.224 e. The Morgan fingerprint density at radius 2 is 1.92 bits per heavy atom. The molecule has 0 aromatic heterocycles. The molecular formula is C19H21NO4. The second-order valence-corrected chi connectivity index (χ2v) is 5.62. The zero-order valence-electron chi connectivity index (χ0n) is 13.7. The molecule has 0 aliphatic carbocycles. The lowest BCUT2D eigenvalue weighted by atomic mass is 10.2. The Hall–Kier alpha value is -2.69. The molecule has 126 valence electrons. The molecule has 0 radical (unpaired) electrons. The molecule has 0 saturated heterocycles. The second kappa shape index (κ2) is 7.73. The molecule has 5 nitrogen and oxygen atoms in total. The first kappa shape index (κ1) is 16.2. The average molecular weight is 327 g/mol. The minimum atomic E-state index is -0.0416. The van der Waals surface area contributed by atoms with Crippen LogP contribution in [0.1, 0.15) is 18.4 Å². The summed E-state index contributed by atoms with van der Waals surface area (Å²) in [5, 5.41) is 2.87. The summed E-state index contributed by atoms with van der Waals surface area (Å²) in [5.74, 6) is 2.21. The molecule has 1 aliphatic heterocycles. The summed E-state index contributed by atoms with van der Waals surface area (Å²) in [6.07, 6.45) is 1.06. The van der Waals surface area contributed by atoms with E-state index in [9.17, 15) is 4.79 Å². The first-order valence-electron chi connectivity index (χ1n) is 8.10. The smallest absolute Gasteiger partial charge is 0.224 e. The van der Waals surface area contributed by atoms with Crippen LogP contribution in [-0.4, -0.2) is 25.7 Å². The largest absolute Gasteiger partial charge is 0.493 e. The summed E-state index contributed by atoms with van der Waals surface area (Å²) < 4.78 is 16.7. The van der Waals surface area contributed by atoms with Crippen molar-refractivity contribution in [1.82, 2.24) is 0 Å². The van der Waals surface area contributed by atoms with Gasteiger partial charge < -0.3 is 19.5 Å². The van der Waals surface area contributed by atoms with Crippen LogP contribution in [-0.2, 0) is 4.79 Å². The van der Waals surface area contributed by atoms with Crippen molar-refractivity contribution in [1.29, 1.82) is 0 Å². The maximum absolute atomic E-state index is 12.0. The molecule has 1 aliphatic rings. The molecule has 0 fully saturated rings. The van der Waals surface area contributed by atoms with Gasteiger partial charge in [0.15, 0.2) is 11.5 Å². The molecule has 0 spiro atoms. The highest BCUT2D eigenvalue weighted by molar-refractivity contribution is 5.91. The van der Waals surface area contributed by atoms with Gasteiger partial charge in [0.2, 0.25) is 5.91 Å². The fourth-order valence-corrected chi connectivity index (χ4v) is 2.48. The number of carbonyl (C=O) groups excluding carboxylic acids is 1. The van der Waals surface area contributed by atoms with E-state index in [0.29, 0.717) is 49.8 Å². The number of hydrogen-bond donors (Lipinski definition) is 1. The number of amides is 1. The highest BCUT2D eigenvalue weighted by atomic mass is 16.6. The number of carbonyl (C=O) groups is 1. The van der Waals surface area contributed by atoms with E-state index < -0.39 is 0 Å². The van der Waals surface area contributed by atoms with Crippen molar-refractivity contribution in [3.05, 3.63) is 48.0 Å². The number of para-hydroxylation sites is 1. The van der Waals surface area contributed by atoms with Gasteiger partial charge in [0.05, 0.1) is 6.61 Å². The molecule has 2 aromatic rings. The van der Waals surface area contributed by atoms with Gasteiger partial charge in [-0.2, -0.15) is 0 Å². The Bertz CT molecular complexity index is 714. The van der Waals surface area contributed by atoms with E-state index in [1.54, 1.807) is 6.07 Å². The van der Waals surface area contributed by atoms with Crippen LogP contribution in [0.25, 0.3) is 0 Å². The molecule has 1 amide bonds. The Kier molecular flexibility index (Phi) is 5.21. The number of ether oxygens (including phenoxy) is 3. The lowest BCUT2D eigenvalue weighted by molar-refractivity contribution is -0.116. The van der Waals surface area contributed by atoms with E-state index in [1.165, 1.54) is 0 Å². The Balaban J connectivity index is 1.43. The van der Waals surface area contributed by atoms with Crippen LogP contribution < -0.4 is 19.5 Å². The first-order chi connectivity index (χ1) is 11.7. The van der Waals surface area contributed by atoms with Gasteiger partial charge in [-0.1, -0.05) is 18.2 Å². The third-order valence-corrected chi connectivity index (χ3v) is 3.73. The van der Waals surface area contributed by atoms with Gasteiger partial charge in [-0.3, -0.25) is 4.79 Å². The lowest BCUT2D eigenvalue weighted by Crippen LogP contribution is -2.16.